The third-order valence-corrected chi connectivity index (χ3v) is 1.92. The summed E-state index contributed by atoms with van der Waals surface area (Å²) in [5.41, 5.74) is 0.667. The lowest BCUT2D eigenvalue weighted by Gasteiger charge is -2.03. The minimum absolute atomic E-state index is 0.0648. The molecule has 4 heteroatoms. The van der Waals surface area contributed by atoms with Gasteiger partial charge in [0.15, 0.2) is 6.29 Å². The zero-order valence-electron chi connectivity index (χ0n) is 10.1. The molecule has 0 heterocycles. The predicted molar refractivity (Wildman–Crippen MR) is 61.9 cm³/mol. The van der Waals surface area contributed by atoms with E-state index in [1.165, 1.54) is 0 Å². The van der Waals surface area contributed by atoms with E-state index in [0.717, 1.165) is 12.0 Å². The molecule has 0 aliphatic rings. The van der Waals surface area contributed by atoms with Crippen LogP contribution in [0.1, 0.15) is 17.3 Å². The van der Waals surface area contributed by atoms with Crippen molar-refractivity contribution >= 4 is 6.29 Å². The first-order valence-electron chi connectivity index (χ1n) is 4.82. The average molecular weight is 226 g/mol. The topological polar surface area (TPSA) is 44.8 Å². The van der Waals surface area contributed by atoms with Crippen molar-refractivity contribution in [3.05, 3.63) is 29.8 Å². The number of benzene rings is 1. The first-order valence-corrected chi connectivity index (χ1v) is 4.82. The predicted octanol–water partition coefficient (Wildman–Crippen LogP) is 2.13. The molecule has 4 nitrogen and oxygen atoms in total. The molecule has 1 rings (SSSR count). The summed E-state index contributed by atoms with van der Waals surface area (Å²) in [6.07, 6.45) is 0.740. The molecular formula is C12H18O4. The molecule has 1 aromatic rings. The lowest BCUT2D eigenvalue weighted by Crippen LogP contribution is -2.05. The monoisotopic (exact) mass is 226 g/mol. The Kier molecular flexibility index (Phi) is 8.11. The number of rotatable bonds is 4. The summed E-state index contributed by atoms with van der Waals surface area (Å²) in [5, 5.41) is 0. The molecule has 0 saturated carbocycles. The zero-order chi connectivity index (χ0) is 12.4. The Labute approximate surface area is 96.1 Å². The minimum Gasteiger partial charge on any atom is -0.497 e. The minimum atomic E-state index is -0.0648. The Morgan fingerprint density at radius 2 is 1.56 bits per heavy atom. The second-order valence-electron chi connectivity index (χ2n) is 2.93. The summed E-state index contributed by atoms with van der Waals surface area (Å²) in [7, 11) is 4.80. The Hall–Kier alpha value is -1.39. The van der Waals surface area contributed by atoms with Gasteiger partial charge in [-0.05, 0) is 31.2 Å². The third kappa shape index (κ3) is 6.16. The summed E-state index contributed by atoms with van der Waals surface area (Å²) >= 11 is 0. The van der Waals surface area contributed by atoms with Gasteiger partial charge in [0.2, 0.25) is 0 Å². The van der Waals surface area contributed by atoms with E-state index in [0.29, 0.717) is 5.56 Å². The van der Waals surface area contributed by atoms with Crippen LogP contribution in [0.15, 0.2) is 24.3 Å². The van der Waals surface area contributed by atoms with E-state index in [9.17, 15) is 4.79 Å². The molecule has 16 heavy (non-hydrogen) atoms. The van der Waals surface area contributed by atoms with E-state index in [-0.39, 0.29) is 6.29 Å². The zero-order valence-corrected chi connectivity index (χ0v) is 10.1. The number of ether oxygens (including phenoxy) is 3. The summed E-state index contributed by atoms with van der Waals surface area (Å²) in [6.45, 7) is 1.83. The number of carbonyl (C=O) groups excluding carboxylic acids is 1. The van der Waals surface area contributed by atoms with Crippen LogP contribution in [0.25, 0.3) is 0 Å². The van der Waals surface area contributed by atoms with Crippen LogP contribution in [-0.4, -0.2) is 33.9 Å². The molecule has 0 unspecified atom stereocenters. The van der Waals surface area contributed by atoms with E-state index in [1.807, 2.05) is 6.92 Å². The molecule has 0 radical (unpaired) electrons. The molecule has 0 atom stereocenters. The number of carbonyl (C=O) groups is 1. The maximum absolute atomic E-state index is 10.2. The largest absolute Gasteiger partial charge is 0.497 e. The highest BCUT2D eigenvalue weighted by atomic mass is 16.7. The van der Waals surface area contributed by atoms with Crippen LogP contribution in [0.3, 0.4) is 0 Å². The smallest absolute Gasteiger partial charge is 0.154 e. The van der Waals surface area contributed by atoms with Gasteiger partial charge in [-0.15, -0.1) is 0 Å². The second-order valence-corrected chi connectivity index (χ2v) is 2.93. The lowest BCUT2D eigenvalue weighted by molar-refractivity contribution is -0.0877. The molecule has 0 aliphatic heterocycles. The second kappa shape index (κ2) is 8.88. The van der Waals surface area contributed by atoms with Gasteiger partial charge in [-0.3, -0.25) is 4.79 Å². The molecule has 1 aromatic carbocycles. The van der Waals surface area contributed by atoms with Crippen LogP contribution >= 0.6 is 0 Å². The van der Waals surface area contributed by atoms with Crippen molar-refractivity contribution in [2.45, 2.75) is 13.2 Å². The van der Waals surface area contributed by atoms with Gasteiger partial charge in [0.25, 0.3) is 0 Å². The molecule has 0 aliphatic carbocycles. The molecular weight excluding hydrogens is 208 g/mol. The number of aldehydes is 1. The maximum atomic E-state index is 10.2. The highest BCUT2D eigenvalue weighted by Gasteiger charge is 1.89. The Morgan fingerprint density at radius 1 is 1.06 bits per heavy atom. The Morgan fingerprint density at radius 3 is 1.81 bits per heavy atom. The third-order valence-electron chi connectivity index (χ3n) is 1.92. The van der Waals surface area contributed by atoms with Crippen LogP contribution in [0.2, 0.25) is 0 Å². The van der Waals surface area contributed by atoms with Crippen molar-refractivity contribution < 1.29 is 19.0 Å². The fourth-order valence-electron chi connectivity index (χ4n) is 0.779. The number of methoxy groups -OCH3 is 3. The summed E-state index contributed by atoms with van der Waals surface area (Å²) in [5.74, 6) is 0.769. The van der Waals surface area contributed by atoms with Crippen molar-refractivity contribution in [2.24, 2.45) is 0 Å². The van der Waals surface area contributed by atoms with Crippen LogP contribution in [0.5, 0.6) is 5.75 Å². The lowest BCUT2D eigenvalue weighted by atomic mass is 10.2. The van der Waals surface area contributed by atoms with Gasteiger partial charge in [0.05, 0.1) is 7.11 Å². The Balaban J connectivity index is 0.000000325. The van der Waals surface area contributed by atoms with Gasteiger partial charge in [-0.2, -0.15) is 0 Å². The molecule has 0 bridgehead atoms. The van der Waals surface area contributed by atoms with Gasteiger partial charge in [-0.25, -0.2) is 0 Å². The van der Waals surface area contributed by atoms with Crippen LogP contribution < -0.4 is 4.74 Å². The SMILES string of the molecule is COC(C)OC.COc1ccc(C=O)cc1. The summed E-state index contributed by atoms with van der Waals surface area (Å²) in [6, 6.07) is 6.94. The van der Waals surface area contributed by atoms with Gasteiger partial charge in [0, 0.05) is 19.8 Å². The first kappa shape index (κ1) is 14.6. The molecule has 0 amide bonds. The van der Waals surface area contributed by atoms with E-state index < -0.39 is 0 Å². The van der Waals surface area contributed by atoms with Crippen LogP contribution in [-0.2, 0) is 9.47 Å². The highest BCUT2D eigenvalue weighted by molar-refractivity contribution is 5.74. The molecule has 0 spiro atoms. The fourth-order valence-corrected chi connectivity index (χ4v) is 0.779. The molecule has 0 aromatic heterocycles. The van der Waals surface area contributed by atoms with Gasteiger partial charge in [0.1, 0.15) is 12.0 Å². The van der Waals surface area contributed by atoms with Gasteiger partial charge >= 0.3 is 0 Å². The van der Waals surface area contributed by atoms with Crippen LogP contribution in [0, 0.1) is 0 Å². The average Bonchev–Trinajstić information content (AvgIpc) is 2.38. The van der Waals surface area contributed by atoms with Crippen molar-refractivity contribution in [1.29, 1.82) is 0 Å². The Bertz CT molecular complexity index is 278. The van der Waals surface area contributed by atoms with Gasteiger partial charge < -0.3 is 14.2 Å². The molecule has 0 N–H and O–H groups in total. The fraction of sp³-hybridized carbons (Fsp3) is 0.417. The van der Waals surface area contributed by atoms with E-state index >= 15 is 0 Å². The summed E-state index contributed by atoms with van der Waals surface area (Å²) in [4.78, 5) is 10.2. The normalized spacial score (nSPS) is 9.31. The quantitative estimate of drug-likeness (QED) is 0.582. The van der Waals surface area contributed by atoms with Crippen molar-refractivity contribution in [3.8, 4) is 5.75 Å². The molecule has 0 fully saturated rings. The highest BCUT2D eigenvalue weighted by Crippen LogP contribution is 2.09. The molecule has 90 valence electrons. The van der Waals surface area contributed by atoms with E-state index in [1.54, 1.807) is 45.6 Å². The first-order chi connectivity index (χ1) is 7.67. The van der Waals surface area contributed by atoms with Crippen LogP contribution in [0.4, 0.5) is 0 Å². The van der Waals surface area contributed by atoms with E-state index in [2.05, 4.69) is 9.47 Å². The molecule has 0 saturated heterocycles. The number of hydrogen-bond donors (Lipinski definition) is 0. The maximum Gasteiger partial charge on any atom is 0.154 e. The van der Waals surface area contributed by atoms with Crippen molar-refractivity contribution in [3.63, 3.8) is 0 Å². The number of hydrogen-bond acceptors (Lipinski definition) is 4. The van der Waals surface area contributed by atoms with Crippen molar-refractivity contribution in [2.75, 3.05) is 21.3 Å². The van der Waals surface area contributed by atoms with Gasteiger partial charge in [-0.1, -0.05) is 0 Å². The van der Waals surface area contributed by atoms with Crippen molar-refractivity contribution in [1.82, 2.24) is 0 Å². The summed E-state index contributed by atoms with van der Waals surface area (Å²) < 4.78 is 14.3. The van der Waals surface area contributed by atoms with E-state index in [4.69, 9.17) is 4.74 Å². The standard InChI is InChI=1S/C8H8O2.C4H10O2/c1-10-8-4-2-7(6-9)3-5-8;1-4(5-2)6-3/h2-6H,1H3;4H,1-3H3.